The fraction of sp³-hybridized carbons (Fsp3) is 0.158. The lowest BCUT2D eigenvalue weighted by atomic mass is 10.0. The van der Waals surface area contributed by atoms with Gasteiger partial charge in [-0.3, -0.25) is 0 Å². The van der Waals surface area contributed by atoms with Gasteiger partial charge in [-0.15, -0.1) is 0 Å². The van der Waals surface area contributed by atoms with Gasteiger partial charge >= 0.3 is 5.97 Å². The zero-order chi connectivity index (χ0) is 18.2. The lowest BCUT2D eigenvalue weighted by Crippen LogP contribution is -2.10. The van der Waals surface area contributed by atoms with Crippen LogP contribution in [-0.4, -0.2) is 31.9 Å². The van der Waals surface area contributed by atoms with E-state index >= 15 is 0 Å². The number of carbonyl (C=O) groups is 1. The van der Waals surface area contributed by atoms with E-state index in [1.54, 1.807) is 55.7 Å². The second-order valence-corrected chi connectivity index (χ2v) is 4.99. The second-order valence-electron chi connectivity index (χ2n) is 4.99. The fourth-order valence-electron chi connectivity index (χ4n) is 2.15. The van der Waals surface area contributed by atoms with E-state index in [2.05, 4.69) is 6.07 Å². The van der Waals surface area contributed by atoms with E-state index in [9.17, 15) is 10.1 Å². The van der Waals surface area contributed by atoms with Crippen LogP contribution in [0.4, 0.5) is 0 Å². The maximum absolute atomic E-state index is 10.6. The summed E-state index contributed by atoms with van der Waals surface area (Å²) >= 11 is 0. The third-order valence-corrected chi connectivity index (χ3v) is 3.37. The molecule has 0 saturated carbocycles. The molecule has 0 aliphatic rings. The average molecular weight is 339 g/mol. The zero-order valence-corrected chi connectivity index (χ0v) is 13.9. The summed E-state index contributed by atoms with van der Waals surface area (Å²) < 4.78 is 15.5. The molecule has 0 aromatic heterocycles. The Morgan fingerprint density at radius 1 is 1.12 bits per heavy atom. The van der Waals surface area contributed by atoms with Gasteiger partial charge in [0.05, 0.1) is 25.9 Å². The number of ether oxygens (including phenoxy) is 3. The number of methoxy groups -OCH3 is 2. The Labute approximate surface area is 145 Å². The van der Waals surface area contributed by atoms with Gasteiger partial charge in [0, 0.05) is 0 Å². The molecule has 2 rings (SSSR count). The van der Waals surface area contributed by atoms with E-state index in [1.165, 1.54) is 7.11 Å². The van der Waals surface area contributed by atoms with Gasteiger partial charge in [0.2, 0.25) is 0 Å². The van der Waals surface area contributed by atoms with Gasteiger partial charge in [-0.25, -0.2) is 4.79 Å². The van der Waals surface area contributed by atoms with Crippen LogP contribution in [0, 0.1) is 11.3 Å². The lowest BCUT2D eigenvalue weighted by Gasteiger charge is -2.10. The number of carboxylic acid groups (broad SMARTS) is 1. The van der Waals surface area contributed by atoms with Gasteiger partial charge in [0.15, 0.2) is 18.1 Å². The van der Waals surface area contributed by atoms with Crippen LogP contribution in [0.3, 0.4) is 0 Å². The average Bonchev–Trinajstić information content (AvgIpc) is 2.64. The number of rotatable bonds is 7. The van der Waals surface area contributed by atoms with Crippen LogP contribution in [0.2, 0.25) is 0 Å². The maximum atomic E-state index is 10.6. The highest BCUT2D eigenvalue weighted by Crippen LogP contribution is 2.30. The van der Waals surface area contributed by atoms with E-state index in [0.717, 1.165) is 11.1 Å². The molecular formula is C19H17NO5. The Morgan fingerprint density at radius 3 is 2.40 bits per heavy atom. The molecule has 0 atom stereocenters. The molecule has 0 unspecified atom stereocenters. The Hall–Kier alpha value is -3.46. The first kappa shape index (κ1) is 17.9. The van der Waals surface area contributed by atoms with E-state index in [-0.39, 0.29) is 0 Å². The van der Waals surface area contributed by atoms with Crippen molar-refractivity contribution in [3.05, 3.63) is 53.6 Å². The Morgan fingerprint density at radius 2 is 1.84 bits per heavy atom. The normalized spacial score (nSPS) is 10.7. The molecule has 6 heteroatoms. The minimum absolute atomic E-state index is 0.324. The summed E-state index contributed by atoms with van der Waals surface area (Å²) in [6, 6.07) is 14.3. The maximum Gasteiger partial charge on any atom is 0.341 e. The number of aliphatic carboxylic acids is 1. The minimum Gasteiger partial charge on any atom is -0.497 e. The minimum atomic E-state index is -1.07. The number of nitriles is 1. The third kappa shape index (κ3) is 4.75. The van der Waals surface area contributed by atoms with Crippen molar-refractivity contribution in [2.24, 2.45) is 0 Å². The molecule has 0 aliphatic carbocycles. The van der Waals surface area contributed by atoms with E-state index in [1.807, 2.05) is 0 Å². The van der Waals surface area contributed by atoms with Crippen LogP contribution in [-0.2, 0) is 4.79 Å². The molecule has 128 valence electrons. The molecule has 6 nitrogen and oxygen atoms in total. The van der Waals surface area contributed by atoms with Gasteiger partial charge in [-0.05, 0) is 53.6 Å². The standard InChI is InChI=1S/C19H17NO5/c1-23-16-6-4-14(5-7-16)15(11-20)9-13-3-8-17(18(10-13)24-2)25-12-19(21)22/h3-10H,12H2,1-2H3,(H,21,22)/b15-9+. The van der Waals surface area contributed by atoms with Crippen LogP contribution in [0.15, 0.2) is 42.5 Å². The number of hydrogen-bond acceptors (Lipinski definition) is 5. The van der Waals surface area contributed by atoms with Gasteiger partial charge < -0.3 is 19.3 Å². The number of allylic oxidation sites excluding steroid dienone is 1. The largest absolute Gasteiger partial charge is 0.497 e. The summed E-state index contributed by atoms with van der Waals surface area (Å²) in [5.74, 6) is 0.354. The van der Waals surface area contributed by atoms with Crippen LogP contribution < -0.4 is 14.2 Å². The molecule has 2 aromatic carbocycles. The van der Waals surface area contributed by atoms with Crippen LogP contribution in [0.5, 0.6) is 17.2 Å². The predicted molar refractivity (Wildman–Crippen MR) is 92.6 cm³/mol. The number of nitrogens with zero attached hydrogens (tertiary/aromatic N) is 1. The third-order valence-electron chi connectivity index (χ3n) is 3.37. The topological polar surface area (TPSA) is 88.8 Å². The fourth-order valence-corrected chi connectivity index (χ4v) is 2.15. The first-order valence-corrected chi connectivity index (χ1v) is 7.36. The van der Waals surface area contributed by atoms with Gasteiger partial charge in [0.25, 0.3) is 0 Å². The highest BCUT2D eigenvalue weighted by atomic mass is 16.5. The summed E-state index contributed by atoms with van der Waals surface area (Å²) in [5, 5.41) is 18.1. The van der Waals surface area contributed by atoms with E-state index < -0.39 is 12.6 Å². The Bertz CT molecular complexity index is 819. The summed E-state index contributed by atoms with van der Waals surface area (Å²) in [7, 11) is 3.04. The molecule has 0 heterocycles. The van der Waals surface area contributed by atoms with Crippen molar-refractivity contribution in [3.63, 3.8) is 0 Å². The van der Waals surface area contributed by atoms with Crippen molar-refractivity contribution < 1.29 is 24.1 Å². The molecular weight excluding hydrogens is 322 g/mol. The SMILES string of the molecule is COc1ccc(/C(C#N)=C/c2ccc(OCC(=O)O)c(OC)c2)cc1. The number of carboxylic acids is 1. The first-order chi connectivity index (χ1) is 12.1. The van der Waals surface area contributed by atoms with Crippen LogP contribution >= 0.6 is 0 Å². The summed E-state index contributed by atoms with van der Waals surface area (Å²) in [6.45, 7) is -0.458. The smallest absolute Gasteiger partial charge is 0.341 e. The first-order valence-electron chi connectivity index (χ1n) is 7.36. The molecule has 0 saturated heterocycles. The molecule has 1 N–H and O–H groups in total. The van der Waals surface area contributed by atoms with Crippen molar-refractivity contribution in [2.75, 3.05) is 20.8 Å². The number of benzene rings is 2. The van der Waals surface area contributed by atoms with E-state index in [0.29, 0.717) is 22.8 Å². The monoisotopic (exact) mass is 339 g/mol. The van der Waals surface area contributed by atoms with Crippen LogP contribution in [0.25, 0.3) is 11.6 Å². The Balaban J connectivity index is 2.30. The highest BCUT2D eigenvalue weighted by molar-refractivity contribution is 5.90. The summed E-state index contributed by atoms with van der Waals surface area (Å²) in [6.07, 6.45) is 1.71. The van der Waals surface area contributed by atoms with Crippen molar-refractivity contribution in [1.82, 2.24) is 0 Å². The Kier molecular flexibility index (Phi) is 6.02. The van der Waals surface area contributed by atoms with Gasteiger partial charge in [-0.2, -0.15) is 5.26 Å². The quantitative estimate of drug-likeness (QED) is 0.615. The molecule has 0 radical (unpaired) electrons. The molecule has 2 aromatic rings. The second kappa shape index (κ2) is 8.41. The van der Waals surface area contributed by atoms with Gasteiger partial charge in [0.1, 0.15) is 5.75 Å². The lowest BCUT2D eigenvalue weighted by molar-refractivity contribution is -0.139. The van der Waals surface area contributed by atoms with Crippen LogP contribution in [0.1, 0.15) is 11.1 Å². The summed E-state index contributed by atoms with van der Waals surface area (Å²) in [4.78, 5) is 10.6. The van der Waals surface area contributed by atoms with Gasteiger partial charge in [-0.1, -0.05) is 6.07 Å². The molecule has 0 bridgehead atoms. The van der Waals surface area contributed by atoms with Crippen molar-refractivity contribution in [1.29, 1.82) is 5.26 Å². The predicted octanol–water partition coefficient (Wildman–Crippen LogP) is 3.23. The molecule has 0 spiro atoms. The van der Waals surface area contributed by atoms with E-state index in [4.69, 9.17) is 19.3 Å². The number of hydrogen-bond donors (Lipinski definition) is 1. The van der Waals surface area contributed by atoms with Crippen molar-refractivity contribution in [2.45, 2.75) is 0 Å². The van der Waals surface area contributed by atoms with Crippen molar-refractivity contribution in [3.8, 4) is 23.3 Å². The van der Waals surface area contributed by atoms with Crippen molar-refractivity contribution >= 4 is 17.6 Å². The highest BCUT2D eigenvalue weighted by Gasteiger charge is 2.08. The molecule has 0 aliphatic heterocycles. The zero-order valence-electron chi connectivity index (χ0n) is 13.9. The molecule has 25 heavy (non-hydrogen) atoms. The molecule has 0 amide bonds. The summed E-state index contributed by atoms with van der Waals surface area (Å²) in [5.41, 5.74) is 1.96. The molecule has 0 fully saturated rings.